The number of β-lactam (4-membered cyclic amide) rings is 1. The first-order chi connectivity index (χ1) is 19.9. The van der Waals surface area contributed by atoms with Crippen LogP contribution in [0.5, 0.6) is 0 Å². The summed E-state index contributed by atoms with van der Waals surface area (Å²) < 4.78 is 16.9. The molecule has 0 spiro atoms. The van der Waals surface area contributed by atoms with Gasteiger partial charge in [0, 0.05) is 31.8 Å². The van der Waals surface area contributed by atoms with E-state index in [4.69, 9.17) is 13.9 Å². The van der Waals surface area contributed by atoms with Gasteiger partial charge in [0.15, 0.2) is 13.4 Å². The van der Waals surface area contributed by atoms with Crippen LogP contribution in [0, 0.1) is 11.8 Å². The summed E-state index contributed by atoms with van der Waals surface area (Å²) in [7, 11) is 0.973. The molecule has 0 aliphatic carbocycles. The van der Waals surface area contributed by atoms with Gasteiger partial charge in [-0.2, -0.15) is 0 Å². The van der Waals surface area contributed by atoms with Crippen LogP contribution in [0.1, 0.15) is 41.0 Å². The topological polar surface area (TPSA) is 123 Å². The van der Waals surface area contributed by atoms with E-state index in [0.29, 0.717) is 0 Å². The van der Waals surface area contributed by atoms with Crippen LogP contribution in [0.3, 0.4) is 0 Å². The monoisotopic (exact) mass is 639 g/mol. The molecule has 0 bridgehead atoms. The Morgan fingerprint density at radius 2 is 1.67 bits per heavy atom. The number of rotatable bonds is 13. The van der Waals surface area contributed by atoms with Crippen molar-refractivity contribution in [1.82, 2.24) is 14.7 Å². The highest BCUT2D eigenvalue weighted by Gasteiger charge is 2.56. The summed E-state index contributed by atoms with van der Waals surface area (Å²) in [6.45, 7) is 21.1. The standard InChI is InChI=1S/C30H49N3O8SSi/c1-12-14-39-23(34)18-33-25(24(27(33)36)20(4)41-43(10,11)30(5,6)7)19(3)28(37)42-21-16-22(26(35)31(8)9)32(17-21)29(38)40-15-13-2/h12-13,19-22,24-25H,1-2,14-18H2,3-11H3/t19-,20-,21+,22+,24-,25-/m1/s1. The Morgan fingerprint density at radius 3 is 2.21 bits per heavy atom. The Kier molecular flexibility index (Phi) is 12.7. The van der Waals surface area contributed by atoms with E-state index >= 15 is 0 Å². The highest BCUT2D eigenvalue weighted by atomic mass is 32.2. The van der Waals surface area contributed by atoms with Crippen molar-refractivity contribution in [2.24, 2.45) is 11.8 Å². The zero-order chi connectivity index (χ0) is 32.9. The molecule has 0 N–H and O–H groups in total. The van der Waals surface area contributed by atoms with Crippen molar-refractivity contribution >= 4 is 49.1 Å². The maximum absolute atomic E-state index is 13.7. The number of hydrogen-bond donors (Lipinski definition) is 0. The number of amides is 3. The number of ether oxygens (including phenoxy) is 2. The number of esters is 1. The maximum Gasteiger partial charge on any atom is 0.410 e. The lowest BCUT2D eigenvalue weighted by Gasteiger charge is -2.52. The Balaban J connectivity index is 2.27. The van der Waals surface area contributed by atoms with Gasteiger partial charge >= 0.3 is 12.1 Å². The average Bonchev–Trinajstić information content (AvgIpc) is 3.33. The zero-order valence-electron chi connectivity index (χ0n) is 27.1. The van der Waals surface area contributed by atoms with Crippen LogP contribution in [0.25, 0.3) is 0 Å². The molecular formula is C30H49N3O8SSi. The lowest BCUT2D eigenvalue weighted by molar-refractivity contribution is -0.174. The molecule has 11 nitrogen and oxygen atoms in total. The van der Waals surface area contributed by atoms with Crippen molar-refractivity contribution in [3.05, 3.63) is 25.3 Å². The van der Waals surface area contributed by atoms with Crippen molar-refractivity contribution in [3.63, 3.8) is 0 Å². The van der Waals surface area contributed by atoms with Crippen molar-refractivity contribution in [1.29, 1.82) is 0 Å². The molecule has 2 heterocycles. The minimum Gasteiger partial charge on any atom is -0.460 e. The van der Waals surface area contributed by atoms with Crippen LogP contribution in [0.4, 0.5) is 4.79 Å². The summed E-state index contributed by atoms with van der Waals surface area (Å²) >= 11 is 1.06. The summed E-state index contributed by atoms with van der Waals surface area (Å²) in [4.78, 5) is 69.4. The van der Waals surface area contributed by atoms with Gasteiger partial charge in [-0.25, -0.2) is 4.79 Å². The third-order valence-corrected chi connectivity index (χ3v) is 14.3. The van der Waals surface area contributed by atoms with Gasteiger partial charge in [-0.15, -0.1) is 0 Å². The first-order valence-electron chi connectivity index (χ1n) is 14.6. The van der Waals surface area contributed by atoms with Gasteiger partial charge in [0.05, 0.1) is 18.1 Å². The van der Waals surface area contributed by atoms with E-state index in [2.05, 4.69) is 47.0 Å². The highest BCUT2D eigenvalue weighted by Crippen LogP contribution is 2.43. The molecular weight excluding hydrogens is 590 g/mol. The van der Waals surface area contributed by atoms with Crippen molar-refractivity contribution < 1.29 is 37.9 Å². The van der Waals surface area contributed by atoms with Crippen LogP contribution < -0.4 is 0 Å². The molecule has 43 heavy (non-hydrogen) atoms. The van der Waals surface area contributed by atoms with Gasteiger partial charge in [0.1, 0.15) is 25.8 Å². The summed E-state index contributed by atoms with van der Waals surface area (Å²) in [5.41, 5.74) is 0. The number of carbonyl (C=O) groups excluding carboxylic acids is 5. The second-order valence-electron chi connectivity index (χ2n) is 12.9. The van der Waals surface area contributed by atoms with Gasteiger partial charge in [0.2, 0.25) is 11.8 Å². The van der Waals surface area contributed by atoms with Crippen LogP contribution in [-0.2, 0) is 33.1 Å². The maximum atomic E-state index is 13.7. The highest BCUT2D eigenvalue weighted by molar-refractivity contribution is 8.14. The second-order valence-corrected chi connectivity index (χ2v) is 18.9. The fourth-order valence-electron chi connectivity index (χ4n) is 5.13. The zero-order valence-corrected chi connectivity index (χ0v) is 28.9. The van der Waals surface area contributed by atoms with E-state index in [0.717, 1.165) is 11.8 Å². The molecule has 2 saturated heterocycles. The van der Waals surface area contributed by atoms with Gasteiger partial charge < -0.3 is 23.7 Å². The van der Waals surface area contributed by atoms with Crippen LogP contribution in [-0.4, -0.2) is 116 Å². The number of likely N-dealkylation sites (N-methyl/N-ethyl adjacent to an activating group) is 1. The normalized spacial score (nSPS) is 23.6. The quantitative estimate of drug-likeness (QED) is 0.128. The Hall–Kier alpha value is -2.64. The van der Waals surface area contributed by atoms with Crippen molar-refractivity contribution in [3.8, 4) is 0 Å². The minimum atomic E-state index is -2.25. The largest absolute Gasteiger partial charge is 0.460 e. The number of nitrogens with zero attached hydrogens (tertiary/aromatic N) is 3. The molecule has 3 amide bonds. The predicted octanol–water partition coefficient (Wildman–Crippen LogP) is 3.70. The van der Waals surface area contributed by atoms with Crippen LogP contribution >= 0.6 is 11.8 Å². The molecule has 0 unspecified atom stereocenters. The van der Waals surface area contributed by atoms with E-state index < -0.39 is 50.4 Å². The molecule has 0 aromatic rings. The molecule has 6 atom stereocenters. The predicted molar refractivity (Wildman–Crippen MR) is 169 cm³/mol. The smallest absolute Gasteiger partial charge is 0.410 e. The molecule has 0 saturated carbocycles. The third-order valence-electron chi connectivity index (χ3n) is 8.46. The molecule has 242 valence electrons. The Bertz CT molecular complexity index is 1090. The molecule has 2 aliphatic rings. The van der Waals surface area contributed by atoms with Gasteiger partial charge in [-0.1, -0.05) is 64.8 Å². The first kappa shape index (κ1) is 36.5. The minimum absolute atomic E-state index is 0.00325. The molecule has 0 aromatic heterocycles. The number of likely N-dealkylation sites (tertiary alicyclic amines) is 2. The van der Waals surface area contributed by atoms with Crippen molar-refractivity contribution in [2.45, 2.75) is 82.6 Å². The summed E-state index contributed by atoms with van der Waals surface area (Å²) in [6.07, 6.45) is 2.05. The summed E-state index contributed by atoms with van der Waals surface area (Å²) in [6, 6.07) is -1.35. The molecule has 0 aromatic carbocycles. The fourth-order valence-corrected chi connectivity index (χ4v) is 7.76. The number of hydrogen-bond acceptors (Lipinski definition) is 9. The summed E-state index contributed by atoms with van der Waals surface area (Å²) in [5.74, 6) is -2.38. The SMILES string of the molecule is C=CCOC(=O)CN1C(=O)[C@H]([C@@H](C)O[Si](C)(C)C(C)(C)C)[C@H]1[C@@H](C)C(=O)S[C@H]1C[C@@H](C(=O)N(C)C)N(C(=O)OCC=C)C1. The lowest BCUT2D eigenvalue weighted by Crippen LogP contribution is -2.69. The third kappa shape index (κ3) is 8.72. The van der Waals surface area contributed by atoms with E-state index in [-0.39, 0.29) is 59.9 Å². The van der Waals surface area contributed by atoms with E-state index in [9.17, 15) is 24.0 Å². The first-order valence-corrected chi connectivity index (χ1v) is 18.4. The molecule has 2 fully saturated rings. The fraction of sp³-hybridized carbons (Fsp3) is 0.700. The molecule has 2 rings (SSSR count). The second kappa shape index (κ2) is 14.9. The van der Waals surface area contributed by atoms with Crippen LogP contribution in [0.15, 0.2) is 25.3 Å². The molecule has 2 aliphatic heterocycles. The van der Waals surface area contributed by atoms with Gasteiger partial charge in [-0.3, -0.25) is 24.1 Å². The molecule has 13 heteroatoms. The van der Waals surface area contributed by atoms with Gasteiger partial charge in [-0.05, 0) is 31.5 Å². The van der Waals surface area contributed by atoms with Crippen LogP contribution in [0.2, 0.25) is 18.1 Å². The Morgan fingerprint density at radius 1 is 1.09 bits per heavy atom. The van der Waals surface area contributed by atoms with Crippen molar-refractivity contribution in [2.75, 3.05) is 40.4 Å². The van der Waals surface area contributed by atoms with E-state index in [1.165, 1.54) is 26.9 Å². The number of thioether (sulfide) groups is 1. The number of carbonyl (C=O) groups is 5. The Labute approximate surface area is 261 Å². The average molecular weight is 640 g/mol. The van der Waals surface area contributed by atoms with Gasteiger partial charge in [0.25, 0.3) is 0 Å². The molecule has 0 radical (unpaired) electrons. The van der Waals surface area contributed by atoms with E-state index in [1.54, 1.807) is 21.0 Å². The van der Waals surface area contributed by atoms with E-state index in [1.807, 2.05) is 6.92 Å². The lowest BCUT2D eigenvalue weighted by atomic mass is 9.77. The summed E-state index contributed by atoms with van der Waals surface area (Å²) in [5, 5.41) is -0.647.